The fourth-order valence-corrected chi connectivity index (χ4v) is 14.0. The molecule has 10 aromatic rings. The molecule has 0 spiro atoms. The molecule has 0 bridgehead atoms. The van der Waals surface area contributed by atoms with Crippen LogP contribution in [-0.4, -0.2) is 0 Å². The molecule has 2 heteroatoms. The van der Waals surface area contributed by atoms with Crippen molar-refractivity contribution in [1.82, 2.24) is 0 Å². The number of rotatable bonds is 10. The van der Waals surface area contributed by atoms with Crippen molar-refractivity contribution in [2.45, 2.75) is 99.3 Å². The molecule has 398 valence electrons. The Hall–Kier alpha value is -8.72. The predicted molar refractivity (Wildman–Crippen MR) is 348 cm³/mol. The molecule has 0 N–H and O–H groups in total. The van der Waals surface area contributed by atoms with E-state index in [1.54, 1.807) is 0 Å². The molecule has 0 amide bonds. The zero-order chi connectivity index (χ0) is 56.3. The Morgan fingerprint density at radius 1 is 0.259 bits per heavy atom. The van der Waals surface area contributed by atoms with Crippen molar-refractivity contribution in [1.29, 1.82) is 0 Å². The lowest BCUT2D eigenvalue weighted by Gasteiger charge is -2.29. The summed E-state index contributed by atoms with van der Waals surface area (Å²) in [6, 6.07) is 73.6. The summed E-state index contributed by atoms with van der Waals surface area (Å²) < 4.78 is 0. The first-order valence-electron chi connectivity index (χ1n) is 29.0. The lowest BCUT2D eigenvalue weighted by molar-refractivity contribution is 0.660. The smallest absolute Gasteiger partial charge is 0.0490 e. The van der Waals surface area contributed by atoms with E-state index in [1.165, 1.54) is 157 Å². The molecule has 0 atom stereocenters. The first-order valence-corrected chi connectivity index (χ1v) is 29.0. The van der Waals surface area contributed by atoms with Crippen molar-refractivity contribution in [3.63, 3.8) is 0 Å². The molecular formula is C79H72N2. The maximum Gasteiger partial charge on any atom is 0.0490 e. The maximum atomic E-state index is 2.44. The van der Waals surface area contributed by atoms with Crippen LogP contribution in [0.2, 0.25) is 0 Å². The lowest BCUT2D eigenvalue weighted by atomic mass is 9.81. The van der Waals surface area contributed by atoms with E-state index in [-0.39, 0.29) is 16.2 Å². The molecule has 0 fully saturated rings. The Morgan fingerprint density at radius 3 is 0.802 bits per heavy atom. The largest absolute Gasteiger partial charge is 0.310 e. The van der Waals surface area contributed by atoms with E-state index >= 15 is 0 Å². The number of nitrogens with zero attached hydrogens (tertiary/aromatic N) is 2. The summed E-state index contributed by atoms with van der Waals surface area (Å²) in [4.78, 5) is 4.88. The highest BCUT2D eigenvalue weighted by molar-refractivity contribution is 5.91. The monoisotopic (exact) mass is 1050 g/mol. The van der Waals surface area contributed by atoms with Crippen LogP contribution in [0.3, 0.4) is 0 Å². The van der Waals surface area contributed by atoms with Gasteiger partial charge >= 0.3 is 0 Å². The molecule has 0 aromatic heterocycles. The van der Waals surface area contributed by atoms with Gasteiger partial charge < -0.3 is 9.80 Å². The molecule has 0 radical (unpaired) electrons. The van der Waals surface area contributed by atoms with Gasteiger partial charge in [0.15, 0.2) is 0 Å². The van der Waals surface area contributed by atoms with Crippen molar-refractivity contribution >= 4 is 58.4 Å². The van der Waals surface area contributed by atoms with Gasteiger partial charge in [-0.3, -0.25) is 0 Å². The summed E-state index contributed by atoms with van der Waals surface area (Å²) in [5.74, 6) is 0. The fraction of sp³-hybridized carbons (Fsp3) is 0.190. The second-order valence-corrected chi connectivity index (χ2v) is 25.2. The van der Waals surface area contributed by atoms with Gasteiger partial charge in [-0.25, -0.2) is 0 Å². The van der Waals surface area contributed by atoms with Crippen molar-refractivity contribution in [3.8, 4) is 33.4 Å². The van der Waals surface area contributed by atoms with Gasteiger partial charge in [0, 0.05) is 50.4 Å². The number of hydrogen-bond donors (Lipinski definition) is 0. The fourth-order valence-electron chi connectivity index (χ4n) is 14.0. The molecular weight excluding hydrogens is 977 g/mol. The first-order chi connectivity index (χ1) is 38.8. The van der Waals surface area contributed by atoms with E-state index in [2.05, 4.69) is 311 Å². The van der Waals surface area contributed by atoms with Crippen molar-refractivity contribution in [3.05, 3.63) is 283 Å². The standard InChI is InChI=1S/C79H72N2/c1-49-37-50(2)40-61(39-49)80(75-19-15-13-17-53(75)5)59-29-35-67-65-33-27-57(45-71(65)78(9,10)73(67)47-59)23-21-55-25-31-63-64-32-26-56(44-70(64)77(7,8)69(63)43-55)22-24-58-28-34-66-68-36-30-60(48-74(68)79(11,12)72(66)46-58)81(76-20-16-14-18-54(76)6)62-41-51(3)38-52(4)42-62/h13-48H,1-12H3. The van der Waals surface area contributed by atoms with Crippen LogP contribution in [0.25, 0.3) is 57.7 Å². The number of fused-ring (bicyclic) bond motifs is 9. The number of aryl methyl sites for hydroxylation is 6. The lowest BCUT2D eigenvalue weighted by Crippen LogP contribution is -2.17. The third-order valence-electron chi connectivity index (χ3n) is 18.2. The number of para-hydroxylation sites is 2. The molecule has 0 saturated heterocycles. The highest BCUT2D eigenvalue weighted by Crippen LogP contribution is 2.54. The van der Waals surface area contributed by atoms with E-state index in [1.807, 2.05) is 0 Å². The van der Waals surface area contributed by atoms with E-state index in [0.29, 0.717) is 0 Å². The summed E-state index contributed by atoms with van der Waals surface area (Å²) in [6.07, 6.45) is 9.20. The molecule has 3 aliphatic carbocycles. The van der Waals surface area contributed by atoms with Crippen molar-refractivity contribution in [2.24, 2.45) is 0 Å². The van der Waals surface area contributed by atoms with E-state index < -0.39 is 0 Å². The summed E-state index contributed by atoms with van der Waals surface area (Å²) in [7, 11) is 0. The molecule has 13 rings (SSSR count). The molecule has 0 aliphatic heterocycles. The van der Waals surface area contributed by atoms with Crippen LogP contribution in [0.15, 0.2) is 194 Å². The van der Waals surface area contributed by atoms with Gasteiger partial charge in [0.1, 0.15) is 0 Å². The third kappa shape index (κ3) is 8.79. The van der Waals surface area contributed by atoms with Crippen LogP contribution in [0.5, 0.6) is 0 Å². The van der Waals surface area contributed by atoms with E-state index in [0.717, 1.165) is 0 Å². The number of benzene rings is 10. The van der Waals surface area contributed by atoms with Gasteiger partial charge in [0.25, 0.3) is 0 Å². The molecule has 3 aliphatic rings. The highest BCUT2D eigenvalue weighted by Gasteiger charge is 2.39. The highest BCUT2D eigenvalue weighted by atomic mass is 15.2. The van der Waals surface area contributed by atoms with Gasteiger partial charge in [-0.1, -0.05) is 199 Å². The van der Waals surface area contributed by atoms with Gasteiger partial charge in [0.05, 0.1) is 0 Å². The van der Waals surface area contributed by atoms with E-state index in [9.17, 15) is 0 Å². The second-order valence-electron chi connectivity index (χ2n) is 25.2. The molecule has 2 nitrogen and oxygen atoms in total. The Morgan fingerprint density at radius 2 is 0.519 bits per heavy atom. The topological polar surface area (TPSA) is 6.48 Å². The summed E-state index contributed by atoms with van der Waals surface area (Å²) in [5.41, 5.74) is 35.2. The van der Waals surface area contributed by atoms with Crippen LogP contribution in [0, 0.1) is 41.5 Å². The number of hydrogen-bond acceptors (Lipinski definition) is 2. The van der Waals surface area contributed by atoms with Gasteiger partial charge in [-0.2, -0.15) is 0 Å². The summed E-state index contributed by atoms with van der Waals surface area (Å²) in [6.45, 7) is 27.5. The molecule has 10 aromatic carbocycles. The quantitative estimate of drug-likeness (QED) is 0.126. The normalized spacial score (nSPS) is 14.6. The molecule has 0 heterocycles. The SMILES string of the molecule is Cc1cc(C)cc(N(c2ccc3c(c2)C(C)(C)c2cc(C=Cc4ccc5c(c4)C(C)(C)c4cc(C=Cc6ccc7c(c6)C(C)(C)c6cc(N(c8cc(C)cc(C)c8)c8ccccc8C)ccc6-7)ccc4-5)ccc2-3)c2ccccc2C)c1. The second kappa shape index (κ2) is 19.2. The van der Waals surface area contributed by atoms with Gasteiger partial charge in [-0.15, -0.1) is 0 Å². The molecule has 0 unspecified atom stereocenters. The Balaban J connectivity index is 0.736. The minimum atomic E-state index is -0.175. The minimum Gasteiger partial charge on any atom is -0.310 e. The first kappa shape index (κ1) is 51.7. The zero-order valence-electron chi connectivity index (χ0n) is 49.2. The van der Waals surface area contributed by atoms with Gasteiger partial charge in [0.2, 0.25) is 0 Å². The summed E-state index contributed by atoms with van der Waals surface area (Å²) in [5, 5.41) is 0. The average Bonchev–Trinajstić information content (AvgIpc) is 4.05. The third-order valence-corrected chi connectivity index (χ3v) is 18.2. The van der Waals surface area contributed by atoms with E-state index in [4.69, 9.17) is 0 Å². The van der Waals surface area contributed by atoms with Crippen LogP contribution < -0.4 is 9.80 Å². The Bertz CT molecular complexity index is 3970. The Labute approximate surface area is 481 Å². The van der Waals surface area contributed by atoms with Crippen LogP contribution in [-0.2, 0) is 16.2 Å². The molecule has 81 heavy (non-hydrogen) atoms. The summed E-state index contributed by atoms with van der Waals surface area (Å²) >= 11 is 0. The molecule has 0 saturated carbocycles. The minimum absolute atomic E-state index is 0.150. The number of anilines is 6. The van der Waals surface area contributed by atoms with Gasteiger partial charge in [-0.05, 0) is 225 Å². The van der Waals surface area contributed by atoms with Crippen LogP contribution in [0.1, 0.15) is 131 Å². The van der Waals surface area contributed by atoms with Crippen LogP contribution >= 0.6 is 0 Å². The Kier molecular flexibility index (Phi) is 12.3. The van der Waals surface area contributed by atoms with Crippen molar-refractivity contribution in [2.75, 3.05) is 9.80 Å². The zero-order valence-corrected chi connectivity index (χ0v) is 49.2. The predicted octanol–water partition coefficient (Wildman–Crippen LogP) is 21.7. The van der Waals surface area contributed by atoms with Crippen molar-refractivity contribution < 1.29 is 0 Å². The average molecular weight is 1050 g/mol. The maximum absolute atomic E-state index is 2.44. The van der Waals surface area contributed by atoms with Crippen LogP contribution in [0.4, 0.5) is 34.1 Å².